The third-order valence-corrected chi connectivity index (χ3v) is 5.47. The Morgan fingerprint density at radius 2 is 1.21 bits per heavy atom. The van der Waals surface area contributed by atoms with E-state index in [9.17, 15) is 5.11 Å². The van der Waals surface area contributed by atoms with E-state index in [0.717, 1.165) is 22.4 Å². The maximum absolute atomic E-state index is 10.5. The zero-order chi connectivity index (χ0) is 19.7. The van der Waals surface area contributed by atoms with Crippen LogP contribution < -0.4 is 5.32 Å². The van der Waals surface area contributed by atoms with Crippen LogP contribution in [0.5, 0.6) is 5.75 Å². The number of rotatable bonds is 3. The summed E-state index contributed by atoms with van der Waals surface area (Å²) >= 11 is 0. The second kappa shape index (κ2) is 7.12. The fraction of sp³-hybridized carbons (Fsp3) is 0.0769. The largest absolute Gasteiger partial charge is 0.507 e. The average Bonchev–Trinajstić information content (AvgIpc) is 2.80. The minimum Gasteiger partial charge on any atom is -0.507 e. The van der Waals surface area contributed by atoms with E-state index in [1.54, 1.807) is 6.07 Å². The Hall–Kier alpha value is -3.56. The number of aromatic hydroxyl groups is 1. The first kappa shape index (κ1) is 17.5. The lowest BCUT2D eigenvalue weighted by Gasteiger charge is -2.44. The van der Waals surface area contributed by atoms with Crippen LogP contribution in [0.1, 0.15) is 28.5 Å². The number of nitrogens with one attached hydrogen (secondary N) is 1. The normalized spacial score (nSPS) is 17.2. The molecule has 0 aromatic heterocycles. The van der Waals surface area contributed by atoms with Crippen molar-refractivity contribution in [2.75, 3.05) is 5.32 Å². The summed E-state index contributed by atoms with van der Waals surface area (Å²) in [6.07, 6.45) is -0.508. The summed E-state index contributed by atoms with van der Waals surface area (Å²) in [4.78, 5) is 0. The van der Waals surface area contributed by atoms with Gasteiger partial charge in [0, 0.05) is 16.8 Å². The Morgan fingerprint density at radius 1 is 0.655 bits per heavy atom. The van der Waals surface area contributed by atoms with Crippen LogP contribution in [0.2, 0.25) is 0 Å². The minimum atomic E-state index is -0.808. The van der Waals surface area contributed by atoms with Crippen molar-refractivity contribution in [1.29, 1.82) is 0 Å². The molecule has 0 saturated carbocycles. The van der Waals surface area contributed by atoms with Gasteiger partial charge in [0.05, 0.1) is 0 Å². The van der Waals surface area contributed by atoms with Crippen molar-refractivity contribution in [3.05, 3.63) is 131 Å². The molecule has 4 aromatic carbocycles. The van der Waals surface area contributed by atoms with Gasteiger partial charge in [0.25, 0.3) is 0 Å². The van der Waals surface area contributed by atoms with Crippen molar-refractivity contribution in [2.24, 2.45) is 0 Å². The Balaban J connectivity index is 1.80. The van der Waals surface area contributed by atoms with Crippen LogP contribution in [-0.4, -0.2) is 5.11 Å². The van der Waals surface area contributed by atoms with E-state index in [1.807, 2.05) is 66.7 Å². The van der Waals surface area contributed by atoms with Gasteiger partial charge in [0.1, 0.15) is 11.4 Å². The molecule has 0 unspecified atom stereocenters. The number of ether oxygens (including phenoxy) is 1. The predicted molar refractivity (Wildman–Crippen MR) is 115 cm³/mol. The van der Waals surface area contributed by atoms with Crippen LogP contribution >= 0.6 is 0 Å². The Kier molecular flexibility index (Phi) is 4.30. The van der Waals surface area contributed by atoms with Gasteiger partial charge in [-0.2, -0.15) is 0 Å². The zero-order valence-electron chi connectivity index (χ0n) is 15.8. The van der Waals surface area contributed by atoms with Crippen LogP contribution in [0, 0.1) is 0 Å². The third kappa shape index (κ3) is 2.87. The lowest BCUT2D eigenvalue weighted by Crippen LogP contribution is -2.40. The van der Waals surface area contributed by atoms with Crippen LogP contribution in [0.15, 0.2) is 109 Å². The van der Waals surface area contributed by atoms with Gasteiger partial charge in [0.2, 0.25) is 0 Å². The molecule has 0 radical (unpaired) electrons. The van der Waals surface area contributed by atoms with Gasteiger partial charge in [-0.3, -0.25) is 0 Å². The molecule has 4 aromatic rings. The lowest BCUT2D eigenvalue weighted by molar-refractivity contribution is -0.0440. The third-order valence-electron chi connectivity index (χ3n) is 5.47. The Morgan fingerprint density at radius 3 is 1.86 bits per heavy atom. The molecule has 0 saturated heterocycles. The fourth-order valence-electron chi connectivity index (χ4n) is 4.14. The summed E-state index contributed by atoms with van der Waals surface area (Å²) in [6, 6.07) is 36.0. The molecule has 0 bridgehead atoms. The fourth-order valence-corrected chi connectivity index (χ4v) is 4.14. The lowest BCUT2D eigenvalue weighted by atomic mass is 9.78. The van der Waals surface area contributed by atoms with Gasteiger partial charge >= 0.3 is 0 Å². The van der Waals surface area contributed by atoms with Gasteiger partial charge < -0.3 is 15.2 Å². The number of fused-ring (bicyclic) bond motifs is 1. The van der Waals surface area contributed by atoms with Gasteiger partial charge in [-0.25, -0.2) is 0 Å². The highest BCUT2D eigenvalue weighted by atomic mass is 16.5. The second-order valence-electron chi connectivity index (χ2n) is 7.16. The van der Waals surface area contributed by atoms with Crippen LogP contribution in [-0.2, 0) is 10.3 Å². The molecule has 2 N–H and O–H groups in total. The number of phenols is 1. The van der Waals surface area contributed by atoms with Crippen molar-refractivity contribution in [3.8, 4) is 5.75 Å². The standard InChI is InChI=1S/C26H21NO2/c28-24-18-10-7-15-21(24)25-27-23-17-9-8-16-22(23)26(29-25,19-11-3-1-4-12-19)20-13-5-2-6-14-20/h1-18,25,27-28H/t25-/m1/s1. The zero-order valence-corrected chi connectivity index (χ0v) is 15.8. The molecule has 0 aliphatic carbocycles. The van der Waals surface area contributed by atoms with Gasteiger partial charge in [0.15, 0.2) is 6.23 Å². The maximum atomic E-state index is 10.5. The summed E-state index contributed by atoms with van der Waals surface area (Å²) in [5.74, 6) is 0.208. The molecule has 0 fully saturated rings. The minimum absolute atomic E-state index is 0.208. The molecular formula is C26H21NO2. The van der Waals surface area contributed by atoms with Gasteiger partial charge in [-0.15, -0.1) is 0 Å². The van der Waals surface area contributed by atoms with Crippen LogP contribution in [0.4, 0.5) is 5.69 Å². The molecule has 1 atom stereocenters. The van der Waals surface area contributed by atoms with Gasteiger partial charge in [-0.05, 0) is 23.3 Å². The first-order valence-corrected chi connectivity index (χ1v) is 9.72. The van der Waals surface area contributed by atoms with E-state index in [2.05, 4.69) is 41.7 Å². The number of para-hydroxylation sites is 2. The van der Waals surface area contributed by atoms with Crippen molar-refractivity contribution in [1.82, 2.24) is 0 Å². The predicted octanol–water partition coefficient (Wildman–Crippen LogP) is 5.83. The molecule has 1 heterocycles. The highest BCUT2D eigenvalue weighted by Gasteiger charge is 2.45. The first-order chi connectivity index (χ1) is 14.3. The summed E-state index contributed by atoms with van der Waals surface area (Å²) in [6.45, 7) is 0. The molecule has 1 aliphatic rings. The first-order valence-electron chi connectivity index (χ1n) is 9.72. The van der Waals surface area contributed by atoms with Crippen molar-refractivity contribution < 1.29 is 9.84 Å². The van der Waals surface area contributed by atoms with E-state index >= 15 is 0 Å². The summed E-state index contributed by atoms with van der Waals surface area (Å²) in [5, 5.41) is 14.0. The number of hydrogen-bond acceptors (Lipinski definition) is 3. The molecule has 0 spiro atoms. The SMILES string of the molecule is Oc1ccccc1[C@@H]1Nc2ccccc2C(c2ccccc2)(c2ccccc2)O1. The maximum Gasteiger partial charge on any atom is 0.159 e. The van der Waals surface area contributed by atoms with Gasteiger partial charge in [-0.1, -0.05) is 97.1 Å². The van der Waals surface area contributed by atoms with Crippen LogP contribution in [0.25, 0.3) is 0 Å². The van der Waals surface area contributed by atoms with E-state index in [1.165, 1.54) is 0 Å². The number of anilines is 1. The quantitative estimate of drug-likeness (QED) is 0.471. The summed E-state index contributed by atoms with van der Waals surface area (Å²) < 4.78 is 6.87. The molecule has 1 aliphatic heterocycles. The van der Waals surface area contributed by atoms with Crippen molar-refractivity contribution in [2.45, 2.75) is 11.8 Å². The molecule has 3 nitrogen and oxygen atoms in total. The molecule has 0 amide bonds. The van der Waals surface area contributed by atoms with Crippen molar-refractivity contribution >= 4 is 5.69 Å². The Labute approximate surface area is 170 Å². The molecule has 142 valence electrons. The van der Waals surface area contributed by atoms with E-state index in [-0.39, 0.29) is 5.75 Å². The highest BCUT2D eigenvalue weighted by molar-refractivity contribution is 5.64. The smallest absolute Gasteiger partial charge is 0.159 e. The number of hydrogen-bond donors (Lipinski definition) is 2. The number of phenolic OH excluding ortho intramolecular Hbond substituents is 1. The molecule has 5 rings (SSSR count). The highest BCUT2D eigenvalue weighted by Crippen LogP contribution is 2.50. The van der Waals surface area contributed by atoms with Crippen molar-refractivity contribution in [3.63, 3.8) is 0 Å². The summed E-state index contributed by atoms with van der Waals surface area (Å²) in [5.41, 5.74) is 4.01. The molecule has 29 heavy (non-hydrogen) atoms. The van der Waals surface area contributed by atoms with E-state index < -0.39 is 11.8 Å². The number of benzene rings is 4. The monoisotopic (exact) mass is 379 g/mol. The Bertz CT molecular complexity index is 1090. The van der Waals surface area contributed by atoms with E-state index in [4.69, 9.17) is 4.74 Å². The second-order valence-corrected chi connectivity index (χ2v) is 7.16. The van der Waals surface area contributed by atoms with E-state index in [0.29, 0.717) is 5.56 Å². The average molecular weight is 379 g/mol. The van der Waals surface area contributed by atoms with Crippen LogP contribution in [0.3, 0.4) is 0 Å². The topological polar surface area (TPSA) is 41.5 Å². The molecular weight excluding hydrogens is 358 g/mol. The summed E-state index contributed by atoms with van der Waals surface area (Å²) in [7, 11) is 0. The molecule has 3 heteroatoms.